The summed E-state index contributed by atoms with van der Waals surface area (Å²) in [6.45, 7) is 5.03. The van der Waals surface area contributed by atoms with Crippen LogP contribution in [0, 0.1) is 6.07 Å². The molecular weight excluding hydrogens is 705 g/mol. The average Bonchev–Trinajstić information content (AvgIpc) is 2.57. The third-order valence-corrected chi connectivity index (χ3v) is 8.83. The third-order valence-electron chi connectivity index (χ3n) is 4.88. The molecule has 0 N–H and O–H groups in total. The normalized spacial score (nSPS) is 14.2. The fraction of sp³-hybridized carbons (Fsp3) is 0.421. The molecule has 1 heterocycles. The summed E-state index contributed by atoms with van der Waals surface area (Å²) < 4.78 is 0. The number of hydrogen-bond donors (Lipinski definition) is 0. The number of rotatable bonds is 3. The quantitative estimate of drug-likeness (QED) is 0.231. The van der Waals surface area contributed by atoms with E-state index in [0.29, 0.717) is 0 Å². The van der Waals surface area contributed by atoms with Crippen LogP contribution in [0.4, 0.5) is 0 Å². The van der Waals surface area contributed by atoms with Crippen molar-refractivity contribution in [2.75, 3.05) is 13.3 Å². The molecule has 1 aliphatic rings. The van der Waals surface area contributed by atoms with Crippen LogP contribution in [-0.4, -0.2) is 24.0 Å². The van der Waals surface area contributed by atoms with Crippen LogP contribution in [0.2, 0.25) is 0 Å². The largest absolute Gasteiger partial charge is 1.00 e. The molecule has 1 fully saturated rings. The summed E-state index contributed by atoms with van der Waals surface area (Å²) in [5.41, 5.74) is 3.07. The zero-order valence-corrected chi connectivity index (χ0v) is 22.6. The topological polar surface area (TPSA) is 12.9 Å². The summed E-state index contributed by atoms with van der Waals surface area (Å²) in [5.74, 6) is 0. The van der Waals surface area contributed by atoms with Gasteiger partial charge < -0.3 is 55.9 Å². The Balaban J connectivity index is 0. The average molecular weight is 729 g/mol. The second kappa shape index (κ2) is 13.1. The second-order valence-electron chi connectivity index (χ2n) is 6.51. The molecule has 143 valence electrons. The van der Waals surface area contributed by atoms with Crippen LogP contribution in [0.15, 0.2) is 42.6 Å². The molecule has 1 saturated carbocycles. The van der Waals surface area contributed by atoms with Crippen molar-refractivity contribution in [2.24, 2.45) is 0 Å². The van der Waals surface area contributed by atoms with Crippen LogP contribution in [0.5, 0.6) is 0 Å². The molecule has 0 atom stereocenters. The maximum absolute atomic E-state index is 4.47. The van der Waals surface area contributed by atoms with Gasteiger partial charge in [-0.25, -0.2) is 0 Å². The minimum atomic E-state index is -1.07. The summed E-state index contributed by atoms with van der Waals surface area (Å²) in [5, 5.41) is 1.54. The van der Waals surface area contributed by atoms with Crippen LogP contribution in [0.3, 0.4) is 0 Å². The van der Waals surface area contributed by atoms with Gasteiger partial charge in [-0.15, -0.1) is 29.8 Å². The molecule has 2 aromatic rings. The van der Waals surface area contributed by atoms with Gasteiger partial charge in [-0.05, 0) is 37.4 Å². The Morgan fingerprint density at radius 3 is 2.28 bits per heavy atom. The van der Waals surface area contributed by atoms with Crippen molar-refractivity contribution in [3.05, 3.63) is 48.7 Å². The molecule has 0 unspecified atom stereocenters. The fourth-order valence-electron chi connectivity index (χ4n) is 3.42. The summed E-state index contributed by atoms with van der Waals surface area (Å²) in [6.07, 6.45) is 8.95. The number of halogens is 3. The molecule has 25 heavy (non-hydrogen) atoms. The van der Waals surface area contributed by atoms with E-state index < -0.39 is 7.26 Å². The minimum absolute atomic E-state index is 0. The Morgan fingerprint density at radius 1 is 1.00 bits per heavy atom. The van der Waals surface area contributed by atoms with Crippen LogP contribution < -0.4 is 56.2 Å². The maximum atomic E-state index is 4.47. The van der Waals surface area contributed by atoms with Gasteiger partial charge in [0.1, 0.15) is 0 Å². The summed E-state index contributed by atoms with van der Waals surface area (Å²) in [6, 6.07) is 16.1. The molecule has 1 aromatic heterocycles. The van der Waals surface area contributed by atoms with E-state index in [0.717, 1.165) is 16.9 Å². The smallest absolute Gasteiger partial charge is 0.0723 e. The first kappa shape index (κ1) is 28.1. The van der Waals surface area contributed by atoms with Gasteiger partial charge in [0, 0.05) is 38.9 Å². The number of nitrogens with zero attached hydrogens (tertiary/aromatic N) is 1. The zero-order chi connectivity index (χ0) is 14.7. The Hall–Kier alpha value is 0.889. The number of hydrogen-bond acceptors (Lipinski definition) is 1. The van der Waals surface area contributed by atoms with E-state index in [9.17, 15) is 0 Å². The molecule has 6 heteroatoms. The van der Waals surface area contributed by atoms with E-state index in [-0.39, 0.29) is 71.0 Å². The number of benzene rings is 1. The molecule has 0 bridgehead atoms. The van der Waals surface area contributed by atoms with Crippen LogP contribution in [0.1, 0.15) is 32.1 Å². The van der Waals surface area contributed by atoms with Gasteiger partial charge >= 0.3 is 0 Å². The van der Waals surface area contributed by atoms with E-state index >= 15 is 0 Å². The molecule has 3 rings (SSSR count). The summed E-state index contributed by atoms with van der Waals surface area (Å²) in [7, 11) is -1.07. The van der Waals surface area contributed by atoms with Crippen molar-refractivity contribution < 1.29 is 71.0 Å². The molecule has 1 aliphatic carbocycles. The summed E-state index contributed by atoms with van der Waals surface area (Å²) in [4.78, 5) is 4.47. The minimum Gasteiger partial charge on any atom is -1.00 e. The third kappa shape index (κ3) is 7.09. The fourth-order valence-corrected chi connectivity index (χ4v) is 6.42. The van der Waals surface area contributed by atoms with E-state index in [1.54, 1.807) is 0 Å². The van der Waals surface area contributed by atoms with Gasteiger partial charge in [0.2, 0.25) is 0 Å². The van der Waals surface area contributed by atoms with Crippen molar-refractivity contribution >= 4 is 12.6 Å². The van der Waals surface area contributed by atoms with Gasteiger partial charge in [0.05, 0.1) is 19.0 Å². The first-order valence-electron chi connectivity index (χ1n) is 7.95. The maximum Gasteiger partial charge on any atom is 0.0723 e. The predicted molar refractivity (Wildman–Crippen MR) is 93.8 cm³/mol. The van der Waals surface area contributed by atoms with Crippen molar-refractivity contribution in [1.82, 2.24) is 4.98 Å². The van der Waals surface area contributed by atoms with Crippen LogP contribution in [0.25, 0.3) is 11.3 Å². The van der Waals surface area contributed by atoms with Gasteiger partial charge in [-0.3, -0.25) is 0 Å². The first-order chi connectivity index (χ1) is 10.2. The van der Waals surface area contributed by atoms with Crippen molar-refractivity contribution in [2.45, 2.75) is 37.8 Å². The molecule has 0 aliphatic heterocycles. The van der Waals surface area contributed by atoms with Crippen molar-refractivity contribution in [3.8, 4) is 11.3 Å². The SMILES string of the molecule is C[P+](C)(c1cc[c-]c(-c2ccccn2)c1)C1CCCCC1.[Br-].[Br-].[Br-].[Ir]. The van der Waals surface area contributed by atoms with Crippen LogP contribution in [-0.2, 0) is 20.1 Å². The standard InChI is InChI=1S/C19H24NP.3BrH.Ir/c1-21(2,17-10-4-3-5-11-17)18-12-8-9-16(15-18)19-13-6-7-14-20-19;;;;/h6-8,12-15,17H,3-5,10-11H2,1-2H3;3*1H;/p-3. The molecular formula is C19H24Br3IrNP-3. The Bertz CT molecular complexity index is 605. The zero-order valence-electron chi connectivity index (χ0n) is 14.5. The number of pyridine rings is 1. The van der Waals surface area contributed by atoms with Gasteiger partial charge in [0.25, 0.3) is 0 Å². The molecule has 0 spiro atoms. The Labute approximate surface area is 198 Å². The van der Waals surface area contributed by atoms with Crippen molar-refractivity contribution in [3.63, 3.8) is 0 Å². The van der Waals surface area contributed by atoms with Gasteiger partial charge in [0.15, 0.2) is 0 Å². The molecule has 1 nitrogen and oxygen atoms in total. The van der Waals surface area contributed by atoms with E-state index in [4.69, 9.17) is 0 Å². The van der Waals surface area contributed by atoms with Gasteiger partial charge in [-0.2, -0.15) is 0 Å². The molecule has 0 amide bonds. The summed E-state index contributed by atoms with van der Waals surface area (Å²) >= 11 is 0. The first-order valence-corrected chi connectivity index (χ1v) is 10.7. The number of aromatic nitrogens is 1. The molecule has 0 saturated heterocycles. The predicted octanol–water partition coefficient (Wildman–Crippen LogP) is -4.21. The Morgan fingerprint density at radius 2 is 1.68 bits per heavy atom. The Kier molecular flexibility index (Phi) is 14.8. The second-order valence-corrected chi connectivity index (χ2v) is 10.8. The molecule has 1 aromatic carbocycles. The van der Waals surface area contributed by atoms with Crippen LogP contribution >= 0.6 is 7.26 Å². The molecule has 1 radical (unpaired) electrons. The van der Waals surface area contributed by atoms with Gasteiger partial charge in [-0.1, -0.05) is 18.6 Å². The van der Waals surface area contributed by atoms with E-state index in [1.807, 2.05) is 18.3 Å². The monoisotopic (exact) mass is 727 g/mol. The van der Waals surface area contributed by atoms with E-state index in [1.165, 1.54) is 37.4 Å². The van der Waals surface area contributed by atoms with Crippen molar-refractivity contribution in [1.29, 1.82) is 0 Å². The van der Waals surface area contributed by atoms with E-state index in [2.05, 4.69) is 48.6 Å².